The lowest BCUT2D eigenvalue weighted by molar-refractivity contribution is 0.0949. The number of hydrogen-bond donors (Lipinski definition) is 1. The van der Waals surface area contributed by atoms with Gasteiger partial charge in [-0.2, -0.15) is 0 Å². The van der Waals surface area contributed by atoms with E-state index in [2.05, 4.69) is 9.88 Å². The van der Waals surface area contributed by atoms with Gasteiger partial charge < -0.3 is 14.6 Å². The minimum absolute atomic E-state index is 0.254. The van der Waals surface area contributed by atoms with Gasteiger partial charge in [0.25, 0.3) is 5.91 Å². The molecule has 1 N–H and O–H groups in total. The summed E-state index contributed by atoms with van der Waals surface area (Å²) >= 11 is 0. The lowest BCUT2D eigenvalue weighted by atomic mass is 10.2. The standard InChI is InChI=1S/C26H26FN3O2/c1-19-8-2-5-11-24(19)32-17-7-6-16-30-23-10-4-3-9-22(23)29-25(30)18-28-26(31)20-12-14-21(27)15-13-20/h2-5,8-15H,6-7,16-18H2,1H3,(H,28,31). The van der Waals surface area contributed by atoms with E-state index in [4.69, 9.17) is 9.72 Å². The highest BCUT2D eigenvalue weighted by atomic mass is 19.1. The number of ether oxygens (including phenoxy) is 1. The van der Waals surface area contributed by atoms with Gasteiger partial charge in [-0.25, -0.2) is 9.37 Å². The Morgan fingerprint density at radius 1 is 1.00 bits per heavy atom. The first-order valence-corrected chi connectivity index (χ1v) is 10.8. The highest BCUT2D eigenvalue weighted by Crippen LogP contribution is 2.19. The number of amides is 1. The fourth-order valence-corrected chi connectivity index (χ4v) is 3.64. The summed E-state index contributed by atoms with van der Waals surface area (Å²) < 4.78 is 21.2. The third-order valence-corrected chi connectivity index (χ3v) is 5.37. The third kappa shape index (κ3) is 5.14. The average Bonchev–Trinajstić information content (AvgIpc) is 3.16. The Morgan fingerprint density at radius 2 is 1.75 bits per heavy atom. The Balaban J connectivity index is 1.38. The molecular weight excluding hydrogens is 405 g/mol. The molecule has 0 aliphatic carbocycles. The molecule has 0 bridgehead atoms. The fraction of sp³-hybridized carbons (Fsp3) is 0.231. The molecule has 4 rings (SSSR count). The van der Waals surface area contributed by atoms with Gasteiger partial charge in [-0.15, -0.1) is 0 Å². The van der Waals surface area contributed by atoms with Crippen molar-refractivity contribution >= 4 is 16.9 Å². The van der Waals surface area contributed by atoms with Gasteiger partial charge in [0.1, 0.15) is 17.4 Å². The maximum atomic E-state index is 13.1. The number of hydrogen-bond acceptors (Lipinski definition) is 3. The maximum Gasteiger partial charge on any atom is 0.251 e. The van der Waals surface area contributed by atoms with Crippen LogP contribution in [-0.2, 0) is 13.1 Å². The lowest BCUT2D eigenvalue weighted by Crippen LogP contribution is -2.24. The van der Waals surface area contributed by atoms with Crippen LogP contribution in [0.1, 0.15) is 34.6 Å². The van der Waals surface area contributed by atoms with Crippen molar-refractivity contribution in [2.24, 2.45) is 0 Å². The summed E-state index contributed by atoms with van der Waals surface area (Å²) in [6, 6.07) is 21.5. The van der Waals surface area contributed by atoms with E-state index < -0.39 is 0 Å². The molecule has 5 nitrogen and oxygen atoms in total. The minimum atomic E-state index is -0.366. The van der Waals surface area contributed by atoms with Crippen LogP contribution in [0.5, 0.6) is 5.75 Å². The van der Waals surface area contributed by atoms with Crippen LogP contribution in [0.25, 0.3) is 11.0 Å². The summed E-state index contributed by atoms with van der Waals surface area (Å²) in [6.07, 6.45) is 1.83. The van der Waals surface area contributed by atoms with Crippen LogP contribution in [0.15, 0.2) is 72.8 Å². The Morgan fingerprint density at radius 3 is 2.56 bits per heavy atom. The number of aryl methyl sites for hydroxylation is 2. The van der Waals surface area contributed by atoms with Gasteiger partial charge in [0, 0.05) is 12.1 Å². The van der Waals surface area contributed by atoms with Crippen molar-refractivity contribution in [1.82, 2.24) is 14.9 Å². The molecule has 0 atom stereocenters. The lowest BCUT2D eigenvalue weighted by Gasteiger charge is -2.12. The monoisotopic (exact) mass is 431 g/mol. The number of rotatable bonds is 9. The van der Waals surface area contributed by atoms with Gasteiger partial charge in [0.15, 0.2) is 0 Å². The van der Waals surface area contributed by atoms with Gasteiger partial charge in [-0.1, -0.05) is 30.3 Å². The van der Waals surface area contributed by atoms with Gasteiger partial charge in [-0.3, -0.25) is 4.79 Å². The van der Waals surface area contributed by atoms with E-state index in [1.54, 1.807) is 0 Å². The molecule has 164 valence electrons. The van der Waals surface area contributed by atoms with Crippen molar-refractivity contribution in [2.45, 2.75) is 32.9 Å². The molecule has 6 heteroatoms. The molecule has 4 aromatic rings. The minimum Gasteiger partial charge on any atom is -0.493 e. The molecule has 1 heterocycles. The first-order chi connectivity index (χ1) is 15.6. The fourth-order valence-electron chi connectivity index (χ4n) is 3.64. The Kier molecular flexibility index (Phi) is 6.80. The predicted molar refractivity (Wildman–Crippen MR) is 123 cm³/mol. The second kappa shape index (κ2) is 10.1. The number of imidazole rings is 1. The first-order valence-electron chi connectivity index (χ1n) is 10.8. The van der Waals surface area contributed by atoms with Gasteiger partial charge >= 0.3 is 0 Å². The van der Waals surface area contributed by atoms with E-state index in [1.807, 2.05) is 55.5 Å². The number of nitrogens with zero attached hydrogens (tertiary/aromatic N) is 2. The molecule has 0 radical (unpaired) electrons. The second-order valence-electron chi connectivity index (χ2n) is 7.68. The number of para-hydroxylation sites is 3. The third-order valence-electron chi connectivity index (χ3n) is 5.37. The van der Waals surface area contributed by atoms with Crippen molar-refractivity contribution in [3.63, 3.8) is 0 Å². The van der Waals surface area contributed by atoms with Crippen molar-refractivity contribution in [3.8, 4) is 5.75 Å². The van der Waals surface area contributed by atoms with Crippen LogP contribution >= 0.6 is 0 Å². The van der Waals surface area contributed by atoms with Gasteiger partial charge in [0.05, 0.1) is 24.2 Å². The predicted octanol–water partition coefficient (Wildman–Crippen LogP) is 5.27. The molecule has 0 aliphatic heterocycles. The quantitative estimate of drug-likeness (QED) is 0.367. The van der Waals surface area contributed by atoms with Crippen molar-refractivity contribution in [2.75, 3.05) is 6.61 Å². The number of benzene rings is 3. The average molecular weight is 432 g/mol. The normalized spacial score (nSPS) is 10.9. The molecule has 3 aromatic carbocycles. The molecule has 0 spiro atoms. The van der Waals surface area contributed by atoms with Crippen LogP contribution in [0, 0.1) is 12.7 Å². The largest absolute Gasteiger partial charge is 0.493 e. The highest BCUT2D eigenvalue weighted by molar-refractivity contribution is 5.94. The summed E-state index contributed by atoms with van der Waals surface area (Å²) in [5, 5.41) is 2.90. The van der Waals surface area contributed by atoms with Crippen LogP contribution in [0.4, 0.5) is 4.39 Å². The zero-order valence-corrected chi connectivity index (χ0v) is 18.1. The maximum absolute atomic E-state index is 13.1. The summed E-state index contributed by atoms with van der Waals surface area (Å²) in [5.41, 5.74) is 3.49. The Bertz CT molecular complexity index is 1200. The molecule has 0 aliphatic rings. The number of carbonyl (C=O) groups is 1. The van der Waals surface area contributed by atoms with Crippen molar-refractivity contribution < 1.29 is 13.9 Å². The molecule has 0 fully saturated rings. The number of nitrogens with one attached hydrogen (secondary N) is 1. The number of carbonyl (C=O) groups excluding carboxylic acids is 1. The topological polar surface area (TPSA) is 56.1 Å². The number of fused-ring (bicyclic) bond motifs is 1. The number of aromatic nitrogens is 2. The zero-order chi connectivity index (χ0) is 22.3. The van der Waals surface area contributed by atoms with Crippen LogP contribution < -0.4 is 10.1 Å². The summed E-state index contributed by atoms with van der Waals surface area (Å²) in [5.74, 6) is 1.09. The number of halogens is 1. The van der Waals surface area contributed by atoms with E-state index >= 15 is 0 Å². The van der Waals surface area contributed by atoms with Crippen molar-refractivity contribution in [1.29, 1.82) is 0 Å². The smallest absolute Gasteiger partial charge is 0.251 e. The van der Waals surface area contributed by atoms with Crippen LogP contribution in [-0.4, -0.2) is 22.1 Å². The van der Waals surface area contributed by atoms with E-state index in [-0.39, 0.29) is 11.7 Å². The van der Waals surface area contributed by atoms with E-state index in [0.717, 1.165) is 47.6 Å². The molecule has 32 heavy (non-hydrogen) atoms. The van der Waals surface area contributed by atoms with E-state index in [9.17, 15) is 9.18 Å². The molecular formula is C26H26FN3O2. The van der Waals surface area contributed by atoms with Gasteiger partial charge in [-0.05, 0) is 67.8 Å². The summed E-state index contributed by atoms with van der Waals surface area (Å²) in [7, 11) is 0. The molecule has 1 amide bonds. The van der Waals surface area contributed by atoms with E-state index in [0.29, 0.717) is 18.7 Å². The Labute approximate surface area is 186 Å². The first kappa shape index (κ1) is 21.6. The summed E-state index contributed by atoms with van der Waals surface area (Å²) in [6.45, 7) is 3.76. The van der Waals surface area contributed by atoms with Crippen LogP contribution in [0.3, 0.4) is 0 Å². The molecule has 0 unspecified atom stereocenters. The Hall–Kier alpha value is -3.67. The molecule has 0 saturated carbocycles. The van der Waals surface area contributed by atoms with E-state index in [1.165, 1.54) is 24.3 Å². The SMILES string of the molecule is Cc1ccccc1OCCCCn1c(CNC(=O)c2ccc(F)cc2)nc2ccccc21. The molecule has 1 aromatic heterocycles. The zero-order valence-electron chi connectivity index (χ0n) is 18.1. The van der Waals surface area contributed by atoms with Gasteiger partial charge in [0.2, 0.25) is 0 Å². The van der Waals surface area contributed by atoms with Crippen LogP contribution in [0.2, 0.25) is 0 Å². The highest BCUT2D eigenvalue weighted by Gasteiger charge is 2.12. The second-order valence-corrected chi connectivity index (χ2v) is 7.68. The number of unbranched alkanes of at least 4 members (excludes halogenated alkanes) is 1. The summed E-state index contributed by atoms with van der Waals surface area (Å²) in [4.78, 5) is 17.1. The van der Waals surface area contributed by atoms with Crippen molar-refractivity contribution in [3.05, 3.63) is 95.6 Å². The molecule has 0 saturated heterocycles.